The molecule has 1 aliphatic rings. The number of nitrogens with one attached hydrogen (secondary N) is 2. The number of hydrogen-bond donors (Lipinski definition) is 3. The highest BCUT2D eigenvalue weighted by molar-refractivity contribution is 5.89. The molecular weight excluding hydrogens is 509 g/mol. The normalized spacial score (nSPS) is 17.2. The summed E-state index contributed by atoms with van der Waals surface area (Å²) < 4.78 is 46.6. The molecule has 214 valence electrons. The summed E-state index contributed by atoms with van der Waals surface area (Å²) in [5.41, 5.74) is -0.208. The topological polar surface area (TPSA) is 120 Å². The van der Waals surface area contributed by atoms with E-state index < -0.39 is 41.4 Å². The van der Waals surface area contributed by atoms with Gasteiger partial charge in [-0.2, -0.15) is 0 Å². The molecule has 0 saturated carbocycles. The Hall–Kier alpha value is -2.90. The highest BCUT2D eigenvalue weighted by atomic mass is 19.4. The SMILES string of the molecule is C[C@@H]([C@@H](Cc1ccc(OC(F)(F)F)cc1)C(=O)N[C@H](C(=O)NCCN1CCOCC1)C(C)(C)C)N(O)C=O. The summed E-state index contributed by atoms with van der Waals surface area (Å²) in [5.74, 6) is -2.42. The molecule has 38 heavy (non-hydrogen) atoms. The smallest absolute Gasteiger partial charge is 0.406 e. The number of morpholine rings is 1. The van der Waals surface area contributed by atoms with Gasteiger partial charge in [0.2, 0.25) is 18.2 Å². The molecule has 0 spiro atoms. The molecule has 1 aromatic rings. The van der Waals surface area contributed by atoms with Crippen LogP contribution in [0.15, 0.2) is 24.3 Å². The van der Waals surface area contributed by atoms with Crippen LogP contribution in [0.4, 0.5) is 13.2 Å². The zero-order chi connectivity index (χ0) is 28.5. The number of ether oxygens (including phenoxy) is 2. The fourth-order valence-electron chi connectivity index (χ4n) is 4.03. The van der Waals surface area contributed by atoms with E-state index in [0.717, 1.165) is 25.2 Å². The first-order chi connectivity index (χ1) is 17.7. The van der Waals surface area contributed by atoms with Crippen LogP contribution in [0.5, 0.6) is 5.75 Å². The van der Waals surface area contributed by atoms with E-state index in [2.05, 4.69) is 20.3 Å². The molecule has 3 N–H and O–H groups in total. The maximum absolute atomic E-state index is 13.4. The maximum Gasteiger partial charge on any atom is 0.573 e. The van der Waals surface area contributed by atoms with Crippen molar-refractivity contribution in [1.82, 2.24) is 20.6 Å². The van der Waals surface area contributed by atoms with Crippen LogP contribution < -0.4 is 15.4 Å². The molecule has 0 radical (unpaired) electrons. The first kappa shape index (κ1) is 31.3. The van der Waals surface area contributed by atoms with Crippen molar-refractivity contribution in [2.45, 2.75) is 52.6 Å². The summed E-state index contributed by atoms with van der Waals surface area (Å²) in [6.07, 6.45) is -4.71. The van der Waals surface area contributed by atoms with Crippen LogP contribution in [0.1, 0.15) is 33.3 Å². The molecular formula is C25H37F3N4O6. The number of rotatable bonds is 12. The predicted octanol–water partition coefficient (Wildman–Crippen LogP) is 1.96. The molecule has 3 amide bonds. The Balaban J connectivity index is 2.13. The van der Waals surface area contributed by atoms with E-state index in [0.29, 0.717) is 36.9 Å². The summed E-state index contributed by atoms with van der Waals surface area (Å²) in [7, 11) is 0. The van der Waals surface area contributed by atoms with E-state index >= 15 is 0 Å². The number of halogens is 3. The highest BCUT2D eigenvalue weighted by Gasteiger charge is 2.37. The number of carbonyl (C=O) groups excluding carboxylic acids is 3. The monoisotopic (exact) mass is 546 g/mol. The third-order valence-corrected chi connectivity index (χ3v) is 6.30. The van der Waals surface area contributed by atoms with E-state index in [-0.39, 0.29) is 18.7 Å². The van der Waals surface area contributed by atoms with Gasteiger partial charge in [0.1, 0.15) is 11.8 Å². The van der Waals surface area contributed by atoms with Crippen molar-refractivity contribution < 1.29 is 42.2 Å². The van der Waals surface area contributed by atoms with Gasteiger partial charge in [-0.05, 0) is 36.5 Å². The van der Waals surface area contributed by atoms with E-state index in [4.69, 9.17) is 4.74 Å². The minimum absolute atomic E-state index is 0.0281. The Morgan fingerprint density at radius 1 is 1.16 bits per heavy atom. The van der Waals surface area contributed by atoms with Gasteiger partial charge in [0.15, 0.2) is 0 Å². The summed E-state index contributed by atoms with van der Waals surface area (Å²) in [6.45, 7) is 10.6. The van der Waals surface area contributed by atoms with Crippen molar-refractivity contribution in [2.24, 2.45) is 11.3 Å². The molecule has 2 rings (SSSR count). The van der Waals surface area contributed by atoms with Crippen molar-refractivity contribution in [1.29, 1.82) is 0 Å². The van der Waals surface area contributed by atoms with Gasteiger partial charge in [0.05, 0.1) is 25.2 Å². The fourth-order valence-corrected chi connectivity index (χ4v) is 4.03. The Morgan fingerprint density at radius 2 is 1.76 bits per heavy atom. The van der Waals surface area contributed by atoms with Gasteiger partial charge in [-0.1, -0.05) is 32.9 Å². The number of benzene rings is 1. The second kappa shape index (κ2) is 13.8. The Bertz CT molecular complexity index is 917. The lowest BCUT2D eigenvalue weighted by Gasteiger charge is -2.34. The van der Waals surface area contributed by atoms with E-state index in [9.17, 15) is 32.8 Å². The highest BCUT2D eigenvalue weighted by Crippen LogP contribution is 2.25. The third kappa shape index (κ3) is 10.1. The molecule has 1 heterocycles. The van der Waals surface area contributed by atoms with Gasteiger partial charge in [-0.3, -0.25) is 24.5 Å². The second-order valence-corrected chi connectivity index (χ2v) is 10.3. The van der Waals surface area contributed by atoms with Crippen molar-refractivity contribution in [3.8, 4) is 5.75 Å². The minimum atomic E-state index is -4.84. The number of amides is 3. The Kier molecular flexibility index (Phi) is 11.3. The second-order valence-electron chi connectivity index (χ2n) is 10.3. The van der Waals surface area contributed by atoms with Crippen molar-refractivity contribution in [2.75, 3.05) is 39.4 Å². The number of hydroxylamine groups is 2. The van der Waals surface area contributed by atoms with Crippen LogP contribution in [0.2, 0.25) is 0 Å². The average molecular weight is 547 g/mol. The van der Waals surface area contributed by atoms with Gasteiger partial charge >= 0.3 is 6.36 Å². The molecule has 1 aromatic carbocycles. The minimum Gasteiger partial charge on any atom is -0.406 e. The van der Waals surface area contributed by atoms with E-state index in [1.54, 1.807) is 20.8 Å². The van der Waals surface area contributed by atoms with Gasteiger partial charge < -0.3 is 20.1 Å². The number of carbonyl (C=O) groups is 3. The lowest BCUT2D eigenvalue weighted by Crippen LogP contribution is -2.57. The molecule has 0 aliphatic carbocycles. The largest absolute Gasteiger partial charge is 0.573 e. The van der Waals surface area contributed by atoms with Crippen LogP contribution in [0.3, 0.4) is 0 Å². The quantitative estimate of drug-likeness (QED) is 0.208. The molecule has 1 saturated heterocycles. The van der Waals surface area contributed by atoms with Crippen molar-refractivity contribution in [3.63, 3.8) is 0 Å². The average Bonchev–Trinajstić information content (AvgIpc) is 2.84. The molecule has 3 atom stereocenters. The zero-order valence-electron chi connectivity index (χ0n) is 22.1. The van der Waals surface area contributed by atoms with Crippen LogP contribution in [0, 0.1) is 11.3 Å². The number of hydrogen-bond acceptors (Lipinski definition) is 7. The molecule has 0 aromatic heterocycles. The number of nitrogens with zero attached hydrogens (tertiary/aromatic N) is 2. The fraction of sp³-hybridized carbons (Fsp3) is 0.640. The van der Waals surface area contributed by atoms with Crippen LogP contribution in [0.25, 0.3) is 0 Å². The Labute approximate surface area is 220 Å². The van der Waals surface area contributed by atoms with Crippen molar-refractivity contribution >= 4 is 18.2 Å². The van der Waals surface area contributed by atoms with Crippen molar-refractivity contribution in [3.05, 3.63) is 29.8 Å². The van der Waals surface area contributed by atoms with Crippen LogP contribution in [-0.2, 0) is 25.5 Å². The molecule has 13 heteroatoms. The first-order valence-electron chi connectivity index (χ1n) is 12.4. The zero-order valence-corrected chi connectivity index (χ0v) is 22.1. The predicted molar refractivity (Wildman–Crippen MR) is 131 cm³/mol. The van der Waals surface area contributed by atoms with Crippen LogP contribution in [-0.4, -0.2) is 91.2 Å². The van der Waals surface area contributed by atoms with Crippen LogP contribution >= 0.6 is 0 Å². The third-order valence-electron chi connectivity index (χ3n) is 6.30. The summed E-state index contributed by atoms with van der Waals surface area (Å²) >= 11 is 0. The lowest BCUT2D eigenvalue weighted by atomic mass is 9.84. The summed E-state index contributed by atoms with van der Waals surface area (Å²) in [4.78, 5) is 39.8. The summed E-state index contributed by atoms with van der Waals surface area (Å²) in [5, 5.41) is 15.9. The summed E-state index contributed by atoms with van der Waals surface area (Å²) in [6, 6.07) is 3.01. The van der Waals surface area contributed by atoms with E-state index in [1.165, 1.54) is 19.1 Å². The first-order valence-corrected chi connectivity index (χ1v) is 12.4. The standard InChI is InChI=1S/C25H37F3N4O6/c1-17(32(36)16-33)20(15-18-5-7-19(8-6-18)38-25(26,27)28)22(34)30-21(24(2,3)4)23(35)29-9-10-31-11-13-37-14-12-31/h5-8,16-17,20-21,36H,9-15H2,1-4H3,(H,29,35)(H,30,34)/t17-,20+,21+/m0/s1. The molecule has 0 bridgehead atoms. The van der Waals surface area contributed by atoms with Gasteiger partial charge in [0, 0.05) is 26.2 Å². The maximum atomic E-state index is 13.4. The lowest BCUT2D eigenvalue weighted by molar-refractivity contribution is -0.274. The molecule has 1 fully saturated rings. The Morgan fingerprint density at radius 3 is 2.29 bits per heavy atom. The molecule has 1 aliphatic heterocycles. The number of alkyl halides is 3. The van der Waals surface area contributed by atoms with E-state index in [1.807, 2.05) is 0 Å². The van der Waals surface area contributed by atoms with Gasteiger partial charge in [-0.25, -0.2) is 5.06 Å². The molecule has 10 nitrogen and oxygen atoms in total. The molecule has 0 unspecified atom stereocenters. The van der Waals surface area contributed by atoms with Gasteiger partial charge in [0.25, 0.3) is 0 Å². The van der Waals surface area contributed by atoms with Gasteiger partial charge in [-0.15, -0.1) is 13.2 Å².